The number of amides is 1. The van der Waals surface area contributed by atoms with E-state index in [2.05, 4.69) is 21.2 Å². The highest BCUT2D eigenvalue weighted by molar-refractivity contribution is 9.10. The van der Waals surface area contributed by atoms with Crippen LogP contribution in [0.4, 0.5) is 0 Å². The van der Waals surface area contributed by atoms with E-state index in [-0.39, 0.29) is 18.3 Å². The quantitative estimate of drug-likeness (QED) is 0.795. The molecule has 0 saturated carbocycles. The summed E-state index contributed by atoms with van der Waals surface area (Å²) in [5.41, 5.74) is 2.38. The standard InChI is InChI=1S/C17H23BrN2O.ClH/c1-13-14(3-2-4-15(13)18)16(21)20-11-7-17(8-12-20)5-9-19-10-6-17;/h2-4,19H,5-12H2,1H3;1H. The van der Waals surface area contributed by atoms with Gasteiger partial charge in [0.1, 0.15) is 0 Å². The highest BCUT2D eigenvalue weighted by atomic mass is 79.9. The lowest BCUT2D eigenvalue weighted by molar-refractivity contribution is 0.0495. The Hall–Kier alpha value is -0.580. The molecule has 1 N–H and O–H groups in total. The van der Waals surface area contributed by atoms with Crippen LogP contribution in [0, 0.1) is 12.3 Å². The third-order valence-electron chi connectivity index (χ3n) is 5.27. The van der Waals surface area contributed by atoms with Gasteiger partial charge in [0.25, 0.3) is 5.91 Å². The maximum Gasteiger partial charge on any atom is 0.254 e. The lowest BCUT2D eigenvalue weighted by Gasteiger charge is -2.44. The van der Waals surface area contributed by atoms with Gasteiger partial charge in [0.05, 0.1) is 0 Å². The Morgan fingerprint density at radius 1 is 1.18 bits per heavy atom. The molecular formula is C17H24BrClN2O. The van der Waals surface area contributed by atoms with E-state index in [1.54, 1.807) is 0 Å². The second-order valence-electron chi connectivity index (χ2n) is 6.45. The molecule has 0 atom stereocenters. The summed E-state index contributed by atoms with van der Waals surface area (Å²) in [6.45, 7) is 6.10. The van der Waals surface area contributed by atoms with Crippen molar-refractivity contribution in [2.45, 2.75) is 32.6 Å². The predicted octanol–water partition coefficient (Wildman–Crippen LogP) is 3.79. The number of carbonyl (C=O) groups excluding carboxylic acids is 1. The minimum Gasteiger partial charge on any atom is -0.339 e. The van der Waals surface area contributed by atoms with Gasteiger partial charge >= 0.3 is 0 Å². The predicted molar refractivity (Wildman–Crippen MR) is 95.8 cm³/mol. The topological polar surface area (TPSA) is 32.3 Å². The monoisotopic (exact) mass is 386 g/mol. The zero-order valence-electron chi connectivity index (χ0n) is 13.0. The lowest BCUT2D eigenvalue weighted by Crippen LogP contribution is -2.47. The van der Waals surface area contributed by atoms with E-state index in [1.807, 2.05) is 30.0 Å². The fourth-order valence-electron chi connectivity index (χ4n) is 3.65. The molecule has 2 fully saturated rings. The molecule has 2 heterocycles. The maximum atomic E-state index is 12.7. The van der Waals surface area contributed by atoms with Gasteiger partial charge in [0, 0.05) is 23.1 Å². The summed E-state index contributed by atoms with van der Waals surface area (Å²) < 4.78 is 1.01. The highest BCUT2D eigenvalue weighted by Gasteiger charge is 2.36. The molecule has 1 aromatic carbocycles. The smallest absolute Gasteiger partial charge is 0.254 e. The summed E-state index contributed by atoms with van der Waals surface area (Å²) in [5, 5.41) is 3.44. The highest BCUT2D eigenvalue weighted by Crippen LogP contribution is 2.39. The van der Waals surface area contributed by atoms with E-state index in [1.165, 1.54) is 12.8 Å². The molecule has 1 amide bonds. The van der Waals surface area contributed by atoms with Crippen LogP contribution in [0.5, 0.6) is 0 Å². The fourth-order valence-corrected chi connectivity index (χ4v) is 4.02. The Kier molecular flexibility index (Phi) is 5.92. The average molecular weight is 388 g/mol. The Balaban J connectivity index is 0.00000176. The number of halogens is 2. The minimum atomic E-state index is 0. The van der Waals surface area contributed by atoms with Gasteiger partial charge in [0.2, 0.25) is 0 Å². The molecule has 1 aromatic rings. The van der Waals surface area contributed by atoms with Gasteiger partial charge in [-0.1, -0.05) is 22.0 Å². The number of nitrogens with one attached hydrogen (secondary N) is 1. The lowest BCUT2D eigenvalue weighted by atomic mass is 9.71. The van der Waals surface area contributed by atoms with E-state index in [4.69, 9.17) is 0 Å². The molecule has 2 saturated heterocycles. The van der Waals surface area contributed by atoms with Crippen molar-refractivity contribution in [2.75, 3.05) is 26.2 Å². The molecule has 3 nitrogen and oxygen atoms in total. The van der Waals surface area contributed by atoms with Crippen LogP contribution in [0.3, 0.4) is 0 Å². The van der Waals surface area contributed by atoms with Crippen molar-refractivity contribution in [3.63, 3.8) is 0 Å². The first-order valence-electron chi connectivity index (χ1n) is 7.86. The van der Waals surface area contributed by atoms with Gasteiger partial charge in [0.15, 0.2) is 0 Å². The molecule has 5 heteroatoms. The van der Waals surface area contributed by atoms with Crippen LogP contribution in [0.15, 0.2) is 22.7 Å². The third kappa shape index (κ3) is 3.50. The number of rotatable bonds is 1. The Bertz CT molecular complexity index is 533. The first-order chi connectivity index (χ1) is 10.1. The Morgan fingerprint density at radius 3 is 2.45 bits per heavy atom. The van der Waals surface area contributed by atoms with Crippen molar-refractivity contribution < 1.29 is 4.79 Å². The van der Waals surface area contributed by atoms with E-state index < -0.39 is 0 Å². The molecule has 0 bridgehead atoms. The Labute approximate surface area is 147 Å². The number of carbonyl (C=O) groups is 1. The molecule has 0 aromatic heterocycles. The van der Waals surface area contributed by atoms with E-state index in [0.717, 1.165) is 54.6 Å². The van der Waals surface area contributed by atoms with Crippen molar-refractivity contribution in [3.8, 4) is 0 Å². The van der Waals surface area contributed by atoms with E-state index in [9.17, 15) is 4.79 Å². The van der Waals surface area contributed by atoms with Gasteiger partial charge in [-0.2, -0.15) is 0 Å². The Morgan fingerprint density at radius 2 is 1.82 bits per heavy atom. The molecule has 3 rings (SSSR count). The van der Waals surface area contributed by atoms with Gasteiger partial charge < -0.3 is 10.2 Å². The van der Waals surface area contributed by atoms with Crippen LogP contribution < -0.4 is 5.32 Å². The SMILES string of the molecule is Cc1c(Br)cccc1C(=O)N1CCC2(CCNCC2)CC1.Cl. The van der Waals surface area contributed by atoms with Gasteiger partial charge in [-0.15, -0.1) is 12.4 Å². The van der Waals surface area contributed by atoms with Crippen molar-refractivity contribution >= 4 is 34.2 Å². The maximum absolute atomic E-state index is 12.7. The van der Waals surface area contributed by atoms with Crippen molar-refractivity contribution in [3.05, 3.63) is 33.8 Å². The summed E-state index contributed by atoms with van der Waals surface area (Å²) in [5.74, 6) is 0.192. The number of hydrogen-bond acceptors (Lipinski definition) is 2. The molecule has 2 aliphatic heterocycles. The van der Waals surface area contributed by atoms with Crippen molar-refractivity contribution in [2.24, 2.45) is 5.41 Å². The molecule has 2 aliphatic rings. The second kappa shape index (κ2) is 7.33. The molecule has 0 unspecified atom stereocenters. The zero-order chi connectivity index (χ0) is 14.9. The third-order valence-corrected chi connectivity index (χ3v) is 6.13. The van der Waals surface area contributed by atoms with Crippen molar-refractivity contribution in [1.29, 1.82) is 0 Å². The molecule has 0 aliphatic carbocycles. The first kappa shape index (κ1) is 17.8. The number of hydrogen-bond donors (Lipinski definition) is 1. The van der Waals surface area contributed by atoms with Crippen LogP contribution in [0.1, 0.15) is 41.6 Å². The summed E-state index contributed by atoms with van der Waals surface area (Å²) in [6, 6.07) is 5.88. The van der Waals surface area contributed by atoms with Crippen LogP contribution in [-0.2, 0) is 0 Å². The summed E-state index contributed by atoms with van der Waals surface area (Å²) in [4.78, 5) is 14.8. The van der Waals surface area contributed by atoms with Gasteiger partial charge in [-0.25, -0.2) is 0 Å². The van der Waals surface area contributed by atoms with Crippen LogP contribution in [0.25, 0.3) is 0 Å². The number of likely N-dealkylation sites (tertiary alicyclic amines) is 1. The first-order valence-corrected chi connectivity index (χ1v) is 8.66. The van der Waals surface area contributed by atoms with Gasteiger partial charge in [-0.05, 0) is 68.8 Å². The second-order valence-corrected chi connectivity index (χ2v) is 7.31. The van der Waals surface area contributed by atoms with E-state index >= 15 is 0 Å². The largest absolute Gasteiger partial charge is 0.339 e. The number of benzene rings is 1. The van der Waals surface area contributed by atoms with Gasteiger partial charge in [-0.3, -0.25) is 4.79 Å². The molecule has 1 spiro atoms. The molecular weight excluding hydrogens is 364 g/mol. The molecule has 0 radical (unpaired) electrons. The van der Waals surface area contributed by atoms with Crippen molar-refractivity contribution in [1.82, 2.24) is 10.2 Å². The summed E-state index contributed by atoms with van der Waals surface area (Å²) >= 11 is 3.52. The average Bonchev–Trinajstić information content (AvgIpc) is 2.51. The number of nitrogens with zero attached hydrogens (tertiary/aromatic N) is 1. The summed E-state index contributed by atoms with van der Waals surface area (Å²) in [6.07, 6.45) is 4.86. The van der Waals surface area contributed by atoms with E-state index in [0.29, 0.717) is 5.41 Å². The van der Waals surface area contributed by atoms with Crippen LogP contribution in [0.2, 0.25) is 0 Å². The normalized spacial score (nSPS) is 20.5. The minimum absolute atomic E-state index is 0. The van der Waals surface area contributed by atoms with Crippen LogP contribution in [-0.4, -0.2) is 37.0 Å². The fraction of sp³-hybridized carbons (Fsp3) is 0.588. The van der Waals surface area contributed by atoms with Crippen LogP contribution >= 0.6 is 28.3 Å². The molecule has 22 heavy (non-hydrogen) atoms. The zero-order valence-corrected chi connectivity index (χ0v) is 15.4. The molecule has 122 valence electrons. The summed E-state index contributed by atoms with van der Waals surface area (Å²) in [7, 11) is 0. The number of piperidine rings is 2.